The van der Waals surface area contributed by atoms with Gasteiger partial charge in [0.2, 0.25) is 5.91 Å². The molecule has 0 aliphatic carbocycles. The summed E-state index contributed by atoms with van der Waals surface area (Å²) in [5.41, 5.74) is 8.04. The van der Waals surface area contributed by atoms with Crippen LogP contribution in [0, 0.1) is 18.3 Å². The lowest BCUT2D eigenvalue weighted by Crippen LogP contribution is -2.44. The van der Waals surface area contributed by atoms with Crippen molar-refractivity contribution in [3.63, 3.8) is 0 Å². The van der Waals surface area contributed by atoms with Crippen LogP contribution in [0.3, 0.4) is 0 Å². The second-order valence-corrected chi connectivity index (χ2v) is 5.12. The van der Waals surface area contributed by atoms with Gasteiger partial charge in [-0.3, -0.25) is 9.69 Å². The number of nitrogens with two attached hydrogens (primary N) is 1. The van der Waals surface area contributed by atoms with Crippen LogP contribution >= 0.6 is 0 Å². The van der Waals surface area contributed by atoms with E-state index >= 15 is 0 Å². The predicted octanol–water partition coefficient (Wildman–Crippen LogP) is 2.14. The Balaban J connectivity index is 2.75. The SMILES string of the molecule is Cc1ccc(N)cc1NC(=O)C(C)N(C)C(C)CC#N. The van der Waals surface area contributed by atoms with Crippen LogP contribution in [-0.2, 0) is 4.79 Å². The summed E-state index contributed by atoms with van der Waals surface area (Å²) in [4.78, 5) is 14.1. The van der Waals surface area contributed by atoms with Crippen molar-refractivity contribution < 1.29 is 4.79 Å². The standard InChI is InChI=1S/C15H22N4O/c1-10-5-6-13(17)9-14(10)18-15(20)12(3)19(4)11(2)7-8-16/h5-6,9,11-12H,7,17H2,1-4H3,(H,18,20). The zero-order valence-corrected chi connectivity index (χ0v) is 12.5. The fourth-order valence-electron chi connectivity index (χ4n) is 1.85. The minimum atomic E-state index is -0.320. The number of anilines is 2. The maximum absolute atomic E-state index is 12.2. The highest BCUT2D eigenvalue weighted by Crippen LogP contribution is 2.19. The molecule has 0 aliphatic rings. The van der Waals surface area contributed by atoms with Crippen molar-refractivity contribution >= 4 is 17.3 Å². The Kier molecular flexibility index (Phi) is 5.53. The number of nitrogen functional groups attached to an aromatic ring is 1. The van der Waals surface area contributed by atoms with Gasteiger partial charge in [-0.2, -0.15) is 5.26 Å². The first kappa shape index (κ1) is 16.0. The van der Waals surface area contributed by atoms with Gasteiger partial charge in [-0.25, -0.2) is 0 Å². The number of benzene rings is 1. The molecular formula is C15H22N4O. The fourth-order valence-corrected chi connectivity index (χ4v) is 1.85. The average Bonchev–Trinajstić information content (AvgIpc) is 2.41. The van der Waals surface area contributed by atoms with Crippen LogP contribution in [-0.4, -0.2) is 29.9 Å². The molecule has 0 heterocycles. The topological polar surface area (TPSA) is 82.2 Å². The number of nitrogens with zero attached hydrogens (tertiary/aromatic N) is 2. The van der Waals surface area contributed by atoms with E-state index in [1.807, 2.05) is 38.8 Å². The second kappa shape index (κ2) is 6.92. The first-order valence-corrected chi connectivity index (χ1v) is 6.62. The van der Waals surface area contributed by atoms with Gasteiger partial charge >= 0.3 is 0 Å². The van der Waals surface area contributed by atoms with Crippen LogP contribution in [0.5, 0.6) is 0 Å². The maximum Gasteiger partial charge on any atom is 0.241 e. The van der Waals surface area contributed by atoms with Crippen molar-refractivity contribution in [2.24, 2.45) is 0 Å². The van der Waals surface area contributed by atoms with Crippen LogP contribution in [0.4, 0.5) is 11.4 Å². The van der Waals surface area contributed by atoms with Crippen LogP contribution in [0.1, 0.15) is 25.8 Å². The first-order chi connectivity index (χ1) is 9.36. The summed E-state index contributed by atoms with van der Waals surface area (Å²) in [5.74, 6) is -0.106. The largest absolute Gasteiger partial charge is 0.399 e. The molecule has 1 rings (SSSR count). The molecule has 5 heteroatoms. The van der Waals surface area contributed by atoms with Gasteiger partial charge in [-0.05, 0) is 45.5 Å². The molecule has 0 radical (unpaired) electrons. The molecule has 0 bridgehead atoms. The Labute approximate surface area is 120 Å². The summed E-state index contributed by atoms with van der Waals surface area (Å²) in [5, 5.41) is 11.6. The molecule has 0 fully saturated rings. The Morgan fingerprint density at radius 3 is 2.75 bits per heavy atom. The van der Waals surface area contributed by atoms with Crippen molar-refractivity contribution in [1.82, 2.24) is 4.90 Å². The fraction of sp³-hybridized carbons (Fsp3) is 0.467. The minimum absolute atomic E-state index is 0.0303. The van der Waals surface area contributed by atoms with Crippen LogP contribution in [0.25, 0.3) is 0 Å². The van der Waals surface area contributed by atoms with Gasteiger partial charge in [0.05, 0.1) is 18.5 Å². The number of hydrogen-bond donors (Lipinski definition) is 2. The summed E-state index contributed by atoms with van der Waals surface area (Å²) in [6.07, 6.45) is 0.394. The lowest BCUT2D eigenvalue weighted by molar-refractivity contribution is -0.120. The summed E-state index contributed by atoms with van der Waals surface area (Å²) in [7, 11) is 1.85. The lowest BCUT2D eigenvalue weighted by Gasteiger charge is -2.28. The van der Waals surface area contributed by atoms with Crippen molar-refractivity contribution in [1.29, 1.82) is 5.26 Å². The minimum Gasteiger partial charge on any atom is -0.399 e. The van der Waals surface area contributed by atoms with Crippen LogP contribution in [0.15, 0.2) is 18.2 Å². The number of nitrogens with one attached hydrogen (secondary N) is 1. The second-order valence-electron chi connectivity index (χ2n) is 5.12. The predicted molar refractivity (Wildman–Crippen MR) is 81.1 cm³/mol. The maximum atomic E-state index is 12.2. The van der Waals surface area contributed by atoms with E-state index in [9.17, 15) is 4.79 Å². The van der Waals surface area contributed by atoms with Gasteiger partial charge in [0.25, 0.3) is 0 Å². The molecule has 1 aromatic rings. The number of carbonyl (C=O) groups excluding carboxylic acids is 1. The van der Waals surface area contributed by atoms with E-state index in [0.29, 0.717) is 12.1 Å². The van der Waals surface area contributed by atoms with E-state index in [4.69, 9.17) is 11.0 Å². The third-order valence-electron chi connectivity index (χ3n) is 3.59. The summed E-state index contributed by atoms with van der Waals surface area (Å²) in [6.45, 7) is 5.67. The molecule has 0 saturated carbocycles. The number of likely N-dealkylation sites (N-methyl/N-ethyl adjacent to an activating group) is 1. The van der Waals surface area contributed by atoms with Crippen molar-refractivity contribution in [3.8, 4) is 6.07 Å². The highest BCUT2D eigenvalue weighted by Gasteiger charge is 2.22. The quantitative estimate of drug-likeness (QED) is 0.806. The van der Waals surface area contributed by atoms with Crippen LogP contribution < -0.4 is 11.1 Å². The molecule has 0 spiro atoms. The monoisotopic (exact) mass is 274 g/mol. The number of amides is 1. The number of carbonyl (C=O) groups is 1. The Bertz CT molecular complexity index is 521. The Hall–Kier alpha value is -2.06. The zero-order valence-electron chi connectivity index (χ0n) is 12.5. The summed E-state index contributed by atoms with van der Waals surface area (Å²) >= 11 is 0. The van der Waals surface area contributed by atoms with Crippen LogP contribution in [0.2, 0.25) is 0 Å². The lowest BCUT2D eigenvalue weighted by atomic mass is 10.1. The van der Waals surface area contributed by atoms with Gasteiger partial charge in [0.1, 0.15) is 0 Å². The number of nitriles is 1. The molecule has 0 aromatic heterocycles. The van der Waals surface area contributed by atoms with E-state index in [-0.39, 0.29) is 18.0 Å². The average molecular weight is 274 g/mol. The molecule has 1 amide bonds. The molecule has 20 heavy (non-hydrogen) atoms. The Morgan fingerprint density at radius 1 is 1.50 bits per heavy atom. The zero-order chi connectivity index (χ0) is 15.3. The smallest absolute Gasteiger partial charge is 0.241 e. The van der Waals surface area contributed by atoms with E-state index < -0.39 is 0 Å². The van der Waals surface area contributed by atoms with Gasteiger partial charge < -0.3 is 11.1 Å². The normalized spacial score (nSPS) is 13.6. The van der Waals surface area contributed by atoms with Crippen molar-refractivity contribution in [2.75, 3.05) is 18.1 Å². The summed E-state index contributed by atoms with van der Waals surface area (Å²) in [6, 6.07) is 7.25. The number of hydrogen-bond acceptors (Lipinski definition) is 4. The third-order valence-corrected chi connectivity index (χ3v) is 3.59. The van der Waals surface area contributed by atoms with Crippen molar-refractivity contribution in [2.45, 2.75) is 39.3 Å². The van der Waals surface area contributed by atoms with E-state index in [1.165, 1.54) is 0 Å². The third kappa shape index (κ3) is 3.97. The molecule has 5 nitrogen and oxygen atoms in total. The van der Waals surface area contributed by atoms with Crippen molar-refractivity contribution in [3.05, 3.63) is 23.8 Å². The van der Waals surface area contributed by atoms with Gasteiger partial charge in [-0.15, -0.1) is 0 Å². The van der Waals surface area contributed by atoms with Gasteiger partial charge in [0, 0.05) is 17.4 Å². The molecule has 2 unspecified atom stereocenters. The number of rotatable bonds is 5. The number of aryl methyl sites for hydroxylation is 1. The molecular weight excluding hydrogens is 252 g/mol. The molecule has 0 aliphatic heterocycles. The molecule has 0 saturated heterocycles. The van der Waals surface area contributed by atoms with E-state index in [1.54, 1.807) is 12.1 Å². The van der Waals surface area contributed by atoms with E-state index in [0.717, 1.165) is 11.3 Å². The molecule has 3 N–H and O–H groups in total. The molecule has 2 atom stereocenters. The Morgan fingerprint density at radius 2 is 2.15 bits per heavy atom. The summed E-state index contributed by atoms with van der Waals surface area (Å²) < 4.78 is 0. The highest BCUT2D eigenvalue weighted by atomic mass is 16.2. The van der Waals surface area contributed by atoms with Gasteiger partial charge in [-0.1, -0.05) is 6.07 Å². The van der Waals surface area contributed by atoms with E-state index in [2.05, 4.69) is 11.4 Å². The highest BCUT2D eigenvalue weighted by molar-refractivity contribution is 5.95. The molecule has 108 valence electrons. The van der Waals surface area contributed by atoms with Gasteiger partial charge in [0.15, 0.2) is 0 Å². The first-order valence-electron chi connectivity index (χ1n) is 6.62. The molecule has 1 aromatic carbocycles.